The van der Waals surface area contributed by atoms with E-state index in [1.165, 1.54) is 35.1 Å². The van der Waals surface area contributed by atoms with E-state index in [9.17, 15) is 14.0 Å². The topological polar surface area (TPSA) is 80.3 Å². The van der Waals surface area contributed by atoms with Crippen LogP contribution in [0, 0.1) is 5.82 Å². The van der Waals surface area contributed by atoms with Gasteiger partial charge in [0.05, 0.1) is 21.5 Å². The zero-order valence-electron chi connectivity index (χ0n) is 17.2. The molecule has 0 bridgehead atoms. The average Bonchev–Trinajstić information content (AvgIpc) is 3.20. The molecule has 0 aliphatic carbocycles. The molecule has 32 heavy (non-hydrogen) atoms. The number of hydrogen-bond donors (Lipinski definition) is 2. The number of amides is 2. The van der Waals surface area contributed by atoms with Crippen LogP contribution < -0.4 is 15.4 Å². The first-order chi connectivity index (χ1) is 15.5. The first-order valence-corrected chi connectivity index (χ1v) is 10.8. The summed E-state index contributed by atoms with van der Waals surface area (Å²) in [6, 6.07) is 18.5. The van der Waals surface area contributed by atoms with Gasteiger partial charge in [-0.2, -0.15) is 0 Å². The number of aryl methyl sites for hydroxylation is 1. The van der Waals surface area contributed by atoms with E-state index in [4.69, 9.17) is 4.74 Å². The van der Waals surface area contributed by atoms with Crippen LogP contribution in [0.4, 0.5) is 15.2 Å². The third kappa shape index (κ3) is 4.92. The van der Waals surface area contributed by atoms with Crippen molar-refractivity contribution in [3.05, 3.63) is 83.7 Å². The molecule has 3 aromatic carbocycles. The van der Waals surface area contributed by atoms with Gasteiger partial charge in [0.15, 0.2) is 11.7 Å². The molecule has 0 unspecified atom stereocenters. The Balaban J connectivity index is 1.44. The van der Waals surface area contributed by atoms with Gasteiger partial charge in [-0.15, -0.1) is 0 Å². The molecule has 0 saturated heterocycles. The number of carbonyl (C=O) groups excluding carboxylic acids is 2. The summed E-state index contributed by atoms with van der Waals surface area (Å²) in [5.41, 5.74) is 2.34. The lowest BCUT2D eigenvalue weighted by molar-refractivity contribution is -0.118. The number of benzene rings is 3. The van der Waals surface area contributed by atoms with Crippen molar-refractivity contribution in [1.82, 2.24) is 4.98 Å². The highest BCUT2D eigenvalue weighted by Gasteiger charge is 2.16. The summed E-state index contributed by atoms with van der Waals surface area (Å²) < 4.78 is 20.2. The number of halogens is 1. The van der Waals surface area contributed by atoms with E-state index >= 15 is 0 Å². The molecule has 2 amide bonds. The highest BCUT2D eigenvalue weighted by molar-refractivity contribution is 7.22. The van der Waals surface area contributed by atoms with Gasteiger partial charge in [0.1, 0.15) is 11.6 Å². The molecule has 1 aromatic heterocycles. The Labute approximate surface area is 188 Å². The molecule has 0 radical (unpaired) electrons. The van der Waals surface area contributed by atoms with Gasteiger partial charge in [0, 0.05) is 0 Å². The maximum atomic E-state index is 13.7. The van der Waals surface area contributed by atoms with E-state index in [2.05, 4.69) is 28.6 Å². The third-order valence-corrected chi connectivity index (χ3v) is 5.65. The number of nitrogens with one attached hydrogen (secondary N) is 2. The summed E-state index contributed by atoms with van der Waals surface area (Å²) in [4.78, 5) is 29.4. The number of hydrogen-bond acceptors (Lipinski definition) is 5. The van der Waals surface area contributed by atoms with Gasteiger partial charge in [-0.05, 0) is 48.4 Å². The minimum absolute atomic E-state index is 0.0641. The van der Waals surface area contributed by atoms with Crippen LogP contribution >= 0.6 is 11.3 Å². The van der Waals surface area contributed by atoms with Crippen molar-refractivity contribution >= 4 is 44.2 Å². The number of fused-ring (bicyclic) bond motifs is 1. The normalized spacial score (nSPS) is 10.7. The first-order valence-electron chi connectivity index (χ1n) is 10.0. The van der Waals surface area contributed by atoms with Gasteiger partial charge in [-0.1, -0.05) is 48.6 Å². The van der Waals surface area contributed by atoms with Crippen molar-refractivity contribution in [1.29, 1.82) is 0 Å². The molecule has 1 heterocycles. The average molecular weight is 450 g/mol. The number of rotatable bonds is 7. The number of aromatic nitrogens is 1. The predicted octanol–water partition coefficient (Wildman–Crippen LogP) is 5.27. The van der Waals surface area contributed by atoms with Crippen molar-refractivity contribution in [2.45, 2.75) is 13.3 Å². The Morgan fingerprint density at radius 2 is 1.81 bits per heavy atom. The molecule has 4 aromatic rings. The maximum Gasteiger partial charge on any atom is 0.262 e. The molecule has 0 aliphatic heterocycles. The van der Waals surface area contributed by atoms with Gasteiger partial charge in [-0.3, -0.25) is 14.9 Å². The van der Waals surface area contributed by atoms with Crippen LogP contribution in [0.2, 0.25) is 0 Å². The maximum absolute atomic E-state index is 13.7. The van der Waals surface area contributed by atoms with Gasteiger partial charge in [-0.25, -0.2) is 9.37 Å². The van der Waals surface area contributed by atoms with Crippen LogP contribution in [0.1, 0.15) is 22.8 Å². The fraction of sp³-hybridized carbons (Fsp3) is 0.125. The summed E-state index contributed by atoms with van der Waals surface area (Å²) in [5.74, 6) is -1.24. The van der Waals surface area contributed by atoms with Gasteiger partial charge in [0.25, 0.3) is 11.8 Å². The van der Waals surface area contributed by atoms with E-state index in [1.807, 2.05) is 12.1 Å². The number of ether oxygens (including phenoxy) is 1. The summed E-state index contributed by atoms with van der Waals surface area (Å²) in [7, 11) is 0. The molecule has 4 rings (SSSR count). The molecule has 0 fully saturated rings. The summed E-state index contributed by atoms with van der Waals surface area (Å²) in [5, 5.41) is 5.72. The third-order valence-electron chi connectivity index (χ3n) is 4.72. The van der Waals surface area contributed by atoms with Crippen molar-refractivity contribution in [3.63, 3.8) is 0 Å². The summed E-state index contributed by atoms with van der Waals surface area (Å²) in [6.45, 7) is 1.71. The van der Waals surface area contributed by atoms with Gasteiger partial charge >= 0.3 is 0 Å². The Bertz CT molecular complexity index is 1290. The SMILES string of the molecule is CCc1ccc2nc(NC(=O)c3ccccc3OCC(=O)Nc3ccccc3F)sc2c1. The Hall–Kier alpha value is -3.78. The minimum Gasteiger partial charge on any atom is -0.483 e. The molecule has 0 aliphatic rings. The van der Waals surface area contributed by atoms with E-state index in [-0.39, 0.29) is 23.6 Å². The van der Waals surface area contributed by atoms with Gasteiger partial charge in [0.2, 0.25) is 0 Å². The molecule has 0 atom stereocenters. The summed E-state index contributed by atoms with van der Waals surface area (Å²) >= 11 is 1.39. The van der Waals surface area contributed by atoms with Crippen LogP contribution in [0.5, 0.6) is 5.75 Å². The Kier molecular flexibility index (Phi) is 6.42. The number of nitrogens with zero attached hydrogens (tertiary/aromatic N) is 1. The molecular weight excluding hydrogens is 429 g/mol. The van der Waals surface area contributed by atoms with Crippen molar-refractivity contribution in [3.8, 4) is 5.75 Å². The van der Waals surface area contributed by atoms with Crippen LogP contribution in [-0.2, 0) is 11.2 Å². The number of thiazole rings is 1. The zero-order valence-corrected chi connectivity index (χ0v) is 18.0. The lowest BCUT2D eigenvalue weighted by Crippen LogP contribution is -2.22. The largest absolute Gasteiger partial charge is 0.483 e. The van der Waals surface area contributed by atoms with E-state index in [0.29, 0.717) is 5.13 Å². The predicted molar refractivity (Wildman–Crippen MR) is 124 cm³/mol. The van der Waals surface area contributed by atoms with Crippen LogP contribution in [0.25, 0.3) is 10.2 Å². The molecule has 162 valence electrons. The monoisotopic (exact) mass is 449 g/mol. The van der Waals surface area contributed by atoms with Crippen LogP contribution in [0.3, 0.4) is 0 Å². The zero-order chi connectivity index (χ0) is 22.5. The van der Waals surface area contributed by atoms with E-state index in [0.717, 1.165) is 16.6 Å². The fourth-order valence-corrected chi connectivity index (χ4v) is 4.00. The highest BCUT2D eigenvalue weighted by Crippen LogP contribution is 2.28. The highest BCUT2D eigenvalue weighted by atomic mass is 32.1. The molecule has 8 heteroatoms. The van der Waals surface area contributed by atoms with Crippen molar-refractivity contribution in [2.24, 2.45) is 0 Å². The smallest absolute Gasteiger partial charge is 0.262 e. The second kappa shape index (κ2) is 9.57. The number of carbonyl (C=O) groups is 2. The molecule has 2 N–H and O–H groups in total. The molecule has 6 nitrogen and oxygen atoms in total. The second-order valence-corrected chi connectivity index (χ2v) is 7.97. The number of para-hydroxylation sites is 2. The van der Waals surface area contributed by atoms with E-state index in [1.54, 1.807) is 30.3 Å². The summed E-state index contributed by atoms with van der Waals surface area (Å²) in [6.07, 6.45) is 0.921. The second-order valence-electron chi connectivity index (χ2n) is 6.94. The van der Waals surface area contributed by atoms with Crippen LogP contribution in [0.15, 0.2) is 66.7 Å². The lowest BCUT2D eigenvalue weighted by Gasteiger charge is -2.11. The lowest BCUT2D eigenvalue weighted by atomic mass is 10.2. The van der Waals surface area contributed by atoms with Gasteiger partial charge < -0.3 is 10.1 Å². The van der Waals surface area contributed by atoms with Crippen LogP contribution in [-0.4, -0.2) is 23.4 Å². The fourth-order valence-electron chi connectivity index (χ4n) is 3.08. The van der Waals surface area contributed by atoms with E-state index < -0.39 is 17.6 Å². The standard InChI is InChI=1S/C24H20FN3O3S/c1-2-15-11-12-19-21(13-15)32-24(27-19)28-23(30)16-7-3-6-10-20(16)31-14-22(29)26-18-9-5-4-8-17(18)25/h3-13H,2,14H2,1H3,(H,26,29)(H,27,28,30). The van der Waals surface area contributed by atoms with Crippen molar-refractivity contribution in [2.75, 3.05) is 17.2 Å². The Morgan fingerprint density at radius 3 is 2.62 bits per heavy atom. The molecule has 0 saturated carbocycles. The number of anilines is 2. The minimum atomic E-state index is -0.539. The van der Waals surface area contributed by atoms with Crippen molar-refractivity contribution < 1.29 is 18.7 Å². The Morgan fingerprint density at radius 1 is 1.03 bits per heavy atom. The first kappa shape index (κ1) is 21.5. The molecular formula is C24H20FN3O3S. The quantitative estimate of drug-likeness (QED) is 0.403. The molecule has 0 spiro atoms.